The SMILES string of the molecule is COc1cc(NC(=O)[O-])c(Cl)cc1-c1nn(C2CCNC2)c(=O)o1. The molecule has 9 nitrogen and oxygen atoms in total. The van der Waals surface area contributed by atoms with Crippen molar-refractivity contribution in [1.29, 1.82) is 0 Å². The number of carbonyl (C=O) groups is 1. The molecule has 3 rings (SSSR count). The number of amides is 1. The summed E-state index contributed by atoms with van der Waals surface area (Å²) in [7, 11) is 1.39. The molecule has 0 saturated carbocycles. The van der Waals surface area contributed by atoms with Gasteiger partial charge < -0.3 is 29.7 Å². The van der Waals surface area contributed by atoms with E-state index in [4.69, 9.17) is 20.8 Å². The number of aromatic nitrogens is 2. The van der Waals surface area contributed by atoms with E-state index in [1.54, 1.807) is 0 Å². The zero-order valence-corrected chi connectivity index (χ0v) is 13.4. The molecule has 24 heavy (non-hydrogen) atoms. The minimum atomic E-state index is -1.50. The lowest BCUT2D eigenvalue weighted by Gasteiger charge is -2.12. The lowest BCUT2D eigenvalue weighted by Crippen LogP contribution is -2.28. The molecule has 2 N–H and O–H groups in total. The molecule has 1 unspecified atom stereocenters. The molecular formula is C14H14ClN4O5-. The normalized spacial score (nSPS) is 17.0. The molecule has 1 aliphatic heterocycles. The van der Waals surface area contributed by atoms with E-state index in [1.165, 1.54) is 23.9 Å². The Morgan fingerprint density at radius 3 is 3.00 bits per heavy atom. The number of methoxy groups -OCH3 is 1. The lowest BCUT2D eigenvalue weighted by molar-refractivity contribution is -0.242. The monoisotopic (exact) mass is 353 g/mol. The van der Waals surface area contributed by atoms with Gasteiger partial charge in [0.2, 0.25) is 0 Å². The lowest BCUT2D eigenvalue weighted by atomic mass is 10.1. The number of hydrogen-bond acceptors (Lipinski definition) is 7. The highest BCUT2D eigenvalue weighted by Crippen LogP contribution is 2.36. The number of benzene rings is 1. The predicted molar refractivity (Wildman–Crippen MR) is 83.3 cm³/mol. The summed E-state index contributed by atoms with van der Waals surface area (Å²) in [4.78, 5) is 22.7. The molecule has 10 heteroatoms. The van der Waals surface area contributed by atoms with Gasteiger partial charge in [-0.2, -0.15) is 4.68 Å². The van der Waals surface area contributed by atoms with Crippen LogP contribution in [0.1, 0.15) is 12.5 Å². The number of carboxylic acid groups (broad SMARTS) is 1. The standard InChI is InChI=1S/C14H15ClN4O5/c1-23-11-5-10(17-13(20)21)9(15)4-8(11)12-18-19(14(22)24-12)7-2-3-16-6-7/h4-5,7,16-17H,2-3,6H2,1H3,(H,20,21)/p-1. The van der Waals surface area contributed by atoms with Gasteiger partial charge >= 0.3 is 5.76 Å². The van der Waals surface area contributed by atoms with Gasteiger partial charge in [-0.1, -0.05) is 11.6 Å². The van der Waals surface area contributed by atoms with Gasteiger partial charge in [-0.15, -0.1) is 5.10 Å². The molecule has 2 aromatic rings. The van der Waals surface area contributed by atoms with Gasteiger partial charge in [0.15, 0.2) is 0 Å². The third-order valence-electron chi connectivity index (χ3n) is 3.71. The van der Waals surface area contributed by atoms with Crippen LogP contribution < -0.4 is 26.2 Å². The van der Waals surface area contributed by atoms with E-state index in [2.05, 4.69) is 15.7 Å². The molecule has 1 amide bonds. The summed E-state index contributed by atoms with van der Waals surface area (Å²) < 4.78 is 11.7. The van der Waals surface area contributed by atoms with Crippen molar-refractivity contribution in [3.63, 3.8) is 0 Å². The average Bonchev–Trinajstić information content (AvgIpc) is 3.17. The van der Waals surface area contributed by atoms with Crippen LogP contribution in [0.15, 0.2) is 21.3 Å². The van der Waals surface area contributed by atoms with E-state index < -0.39 is 11.8 Å². The van der Waals surface area contributed by atoms with Crippen LogP contribution in [-0.4, -0.2) is 36.1 Å². The van der Waals surface area contributed by atoms with Crippen molar-refractivity contribution in [2.45, 2.75) is 12.5 Å². The molecular weight excluding hydrogens is 340 g/mol. The largest absolute Gasteiger partial charge is 0.530 e. The zero-order chi connectivity index (χ0) is 17.3. The number of rotatable bonds is 4. The highest BCUT2D eigenvalue weighted by molar-refractivity contribution is 6.34. The second kappa shape index (κ2) is 6.54. The molecule has 2 heterocycles. The van der Waals surface area contributed by atoms with E-state index in [9.17, 15) is 14.7 Å². The molecule has 0 bridgehead atoms. The topological polar surface area (TPSA) is 121 Å². The van der Waals surface area contributed by atoms with E-state index in [-0.39, 0.29) is 28.4 Å². The summed E-state index contributed by atoms with van der Waals surface area (Å²) in [5.41, 5.74) is 0.437. The molecule has 1 saturated heterocycles. The fraction of sp³-hybridized carbons (Fsp3) is 0.357. The smallest absolute Gasteiger partial charge is 0.437 e. The van der Waals surface area contributed by atoms with Crippen molar-refractivity contribution >= 4 is 23.4 Å². The number of ether oxygens (including phenoxy) is 1. The predicted octanol–water partition coefficient (Wildman–Crippen LogP) is 0.455. The number of carbonyl (C=O) groups excluding carboxylic acids is 1. The van der Waals surface area contributed by atoms with Crippen molar-refractivity contribution in [2.75, 3.05) is 25.5 Å². The quantitative estimate of drug-likeness (QED) is 0.818. The highest BCUT2D eigenvalue weighted by atomic mass is 35.5. The number of nitrogens with zero attached hydrogens (tertiary/aromatic N) is 2. The Hall–Kier alpha value is -2.52. The summed E-state index contributed by atoms with van der Waals surface area (Å²) >= 11 is 6.05. The minimum Gasteiger partial charge on any atom is -0.530 e. The molecule has 1 aromatic heterocycles. The number of halogens is 1. The first-order valence-corrected chi connectivity index (χ1v) is 7.53. The van der Waals surface area contributed by atoms with E-state index >= 15 is 0 Å². The van der Waals surface area contributed by atoms with E-state index in [1.807, 2.05) is 0 Å². The van der Waals surface area contributed by atoms with Crippen LogP contribution in [0.3, 0.4) is 0 Å². The summed E-state index contributed by atoms with van der Waals surface area (Å²) in [5.74, 6) is -0.277. The van der Waals surface area contributed by atoms with Crippen molar-refractivity contribution in [3.05, 3.63) is 27.7 Å². The van der Waals surface area contributed by atoms with Crippen LogP contribution in [0.2, 0.25) is 5.02 Å². The van der Waals surface area contributed by atoms with Crippen LogP contribution >= 0.6 is 11.6 Å². The van der Waals surface area contributed by atoms with Crippen molar-refractivity contribution in [2.24, 2.45) is 0 Å². The van der Waals surface area contributed by atoms with Gasteiger partial charge in [0, 0.05) is 12.6 Å². The first kappa shape index (κ1) is 16.3. The summed E-state index contributed by atoms with van der Waals surface area (Å²) in [6.07, 6.45) is -0.727. The molecule has 0 radical (unpaired) electrons. The Labute approximate surface area is 141 Å². The van der Waals surface area contributed by atoms with Crippen LogP contribution in [-0.2, 0) is 0 Å². The Balaban J connectivity index is 2.02. The minimum absolute atomic E-state index is 0.0469. The Bertz CT molecular complexity index is 825. The number of anilines is 1. The van der Waals surface area contributed by atoms with Crippen LogP contribution in [0.25, 0.3) is 11.5 Å². The fourth-order valence-electron chi connectivity index (χ4n) is 2.57. The third-order valence-corrected chi connectivity index (χ3v) is 4.02. The van der Waals surface area contributed by atoms with Crippen molar-refractivity contribution < 1.29 is 19.1 Å². The first-order valence-electron chi connectivity index (χ1n) is 7.16. The fourth-order valence-corrected chi connectivity index (χ4v) is 2.78. The molecule has 0 aliphatic carbocycles. The van der Waals surface area contributed by atoms with Gasteiger partial charge in [-0.05, 0) is 19.0 Å². The summed E-state index contributed by atoms with van der Waals surface area (Å²) in [5, 5.41) is 20.2. The maximum atomic E-state index is 12.0. The molecule has 1 atom stereocenters. The van der Waals surface area contributed by atoms with Crippen LogP contribution in [0, 0.1) is 0 Å². The molecule has 1 aromatic carbocycles. The molecule has 1 aliphatic rings. The van der Waals surface area contributed by atoms with Crippen molar-refractivity contribution in [3.8, 4) is 17.2 Å². The highest BCUT2D eigenvalue weighted by Gasteiger charge is 2.24. The second-order valence-electron chi connectivity index (χ2n) is 5.21. The van der Waals surface area contributed by atoms with Crippen LogP contribution in [0.4, 0.5) is 10.5 Å². The van der Waals surface area contributed by atoms with Gasteiger partial charge in [0.25, 0.3) is 5.89 Å². The Morgan fingerprint density at radius 1 is 1.58 bits per heavy atom. The third kappa shape index (κ3) is 3.08. The molecule has 0 spiro atoms. The van der Waals surface area contributed by atoms with Crippen LogP contribution in [0.5, 0.6) is 5.75 Å². The average molecular weight is 354 g/mol. The number of nitrogens with one attached hydrogen (secondary N) is 2. The zero-order valence-electron chi connectivity index (χ0n) is 12.7. The van der Waals surface area contributed by atoms with E-state index in [0.717, 1.165) is 13.0 Å². The van der Waals surface area contributed by atoms with Gasteiger partial charge in [-0.25, -0.2) is 4.79 Å². The van der Waals surface area contributed by atoms with Gasteiger partial charge in [0.1, 0.15) is 11.8 Å². The maximum Gasteiger partial charge on any atom is 0.437 e. The maximum absolute atomic E-state index is 12.0. The van der Waals surface area contributed by atoms with Gasteiger partial charge in [0.05, 0.1) is 29.4 Å². The van der Waals surface area contributed by atoms with Crippen molar-refractivity contribution in [1.82, 2.24) is 15.1 Å². The summed E-state index contributed by atoms with van der Waals surface area (Å²) in [6.45, 7) is 1.44. The van der Waals surface area contributed by atoms with Gasteiger partial charge in [-0.3, -0.25) is 0 Å². The first-order chi connectivity index (χ1) is 11.5. The Kier molecular flexibility index (Phi) is 4.45. The Morgan fingerprint density at radius 2 is 2.38 bits per heavy atom. The van der Waals surface area contributed by atoms with E-state index in [0.29, 0.717) is 12.1 Å². The number of hydrogen-bond donors (Lipinski definition) is 2. The molecule has 1 fully saturated rings. The summed E-state index contributed by atoms with van der Waals surface area (Å²) in [6, 6.07) is 2.70. The second-order valence-corrected chi connectivity index (χ2v) is 5.62. The molecule has 128 valence electrons.